The topological polar surface area (TPSA) is 40.7 Å². The molecule has 0 radical (unpaired) electrons. The van der Waals surface area contributed by atoms with Crippen LogP contribution in [0, 0.1) is 0 Å². The van der Waals surface area contributed by atoms with Crippen LogP contribution in [-0.4, -0.2) is 16.7 Å². The molecule has 0 spiro atoms. The molecule has 0 saturated carbocycles. The second kappa shape index (κ2) is 3.94. The molecular weight excluding hydrogens is 266 g/mol. The number of rotatable bonds is 1. The highest BCUT2D eigenvalue weighted by Crippen LogP contribution is 2.37. The van der Waals surface area contributed by atoms with Crippen LogP contribution in [0.1, 0.15) is 23.5 Å². The van der Waals surface area contributed by atoms with Gasteiger partial charge in [-0.25, -0.2) is 0 Å². The molecule has 2 heterocycles. The summed E-state index contributed by atoms with van der Waals surface area (Å²) >= 11 is 3.53. The van der Waals surface area contributed by atoms with E-state index in [1.165, 1.54) is 16.8 Å². The third-order valence-corrected chi connectivity index (χ3v) is 3.55. The first-order valence-corrected chi connectivity index (χ1v) is 6.16. The highest BCUT2D eigenvalue weighted by Gasteiger charge is 2.22. The van der Waals surface area contributed by atoms with Crippen LogP contribution in [0.5, 0.6) is 0 Å². The summed E-state index contributed by atoms with van der Waals surface area (Å²) in [6.45, 7) is 1.02. The predicted octanol–water partition coefficient (Wildman–Crippen LogP) is 3.12. The molecule has 1 aliphatic rings. The first kappa shape index (κ1) is 9.90. The van der Waals surface area contributed by atoms with E-state index >= 15 is 0 Å². The molecule has 16 heavy (non-hydrogen) atoms. The van der Waals surface area contributed by atoms with Gasteiger partial charge in [0.05, 0.1) is 6.20 Å². The van der Waals surface area contributed by atoms with Crippen molar-refractivity contribution in [3.8, 4) is 0 Å². The van der Waals surface area contributed by atoms with Gasteiger partial charge in [-0.15, -0.1) is 0 Å². The van der Waals surface area contributed by atoms with Crippen LogP contribution in [0.25, 0.3) is 0 Å². The van der Waals surface area contributed by atoms with Gasteiger partial charge in [0.25, 0.3) is 0 Å². The van der Waals surface area contributed by atoms with Crippen LogP contribution in [0.3, 0.4) is 0 Å². The highest BCUT2D eigenvalue weighted by molar-refractivity contribution is 9.10. The fourth-order valence-electron chi connectivity index (χ4n) is 2.29. The number of anilines is 1. The first-order valence-electron chi connectivity index (χ1n) is 5.36. The van der Waals surface area contributed by atoms with Gasteiger partial charge in [0, 0.05) is 28.8 Å². The van der Waals surface area contributed by atoms with E-state index in [1.54, 1.807) is 0 Å². The van der Waals surface area contributed by atoms with Crippen LogP contribution < -0.4 is 5.32 Å². The average molecular weight is 278 g/mol. The van der Waals surface area contributed by atoms with Crippen LogP contribution in [0.4, 0.5) is 5.69 Å². The Morgan fingerprint density at radius 2 is 2.31 bits per heavy atom. The summed E-state index contributed by atoms with van der Waals surface area (Å²) in [5, 5.41) is 10.4. The standard InChI is InChI=1S/C12H12BrN3/c13-9-1-2-12-11(5-9)10(3-4-14-12)8-6-15-16-7-8/h1-2,5-7,10,14H,3-4H2,(H,15,16). The second-order valence-electron chi connectivity index (χ2n) is 4.03. The van der Waals surface area contributed by atoms with Gasteiger partial charge in [0.2, 0.25) is 0 Å². The molecule has 3 nitrogen and oxygen atoms in total. The summed E-state index contributed by atoms with van der Waals surface area (Å²) in [7, 11) is 0. The Morgan fingerprint density at radius 3 is 3.12 bits per heavy atom. The predicted molar refractivity (Wildman–Crippen MR) is 67.7 cm³/mol. The fraction of sp³-hybridized carbons (Fsp3) is 0.250. The molecule has 0 amide bonds. The Kier molecular flexibility index (Phi) is 2.44. The lowest BCUT2D eigenvalue weighted by Gasteiger charge is -2.26. The molecule has 82 valence electrons. The molecule has 1 aliphatic heterocycles. The van der Waals surface area contributed by atoms with Gasteiger partial charge >= 0.3 is 0 Å². The number of hydrogen-bond acceptors (Lipinski definition) is 2. The zero-order valence-electron chi connectivity index (χ0n) is 8.70. The van der Waals surface area contributed by atoms with Crippen LogP contribution in [0.15, 0.2) is 35.1 Å². The van der Waals surface area contributed by atoms with E-state index in [2.05, 4.69) is 49.6 Å². The fourth-order valence-corrected chi connectivity index (χ4v) is 2.67. The Hall–Kier alpha value is -1.29. The van der Waals surface area contributed by atoms with E-state index in [-0.39, 0.29) is 0 Å². The number of nitrogens with zero attached hydrogens (tertiary/aromatic N) is 1. The Labute approximate surface area is 102 Å². The normalized spacial score (nSPS) is 18.9. The van der Waals surface area contributed by atoms with Gasteiger partial charge < -0.3 is 5.32 Å². The van der Waals surface area contributed by atoms with Gasteiger partial charge in [-0.3, -0.25) is 5.10 Å². The van der Waals surface area contributed by atoms with Crippen LogP contribution in [-0.2, 0) is 0 Å². The number of H-pyrrole nitrogens is 1. The second-order valence-corrected chi connectivity index (χ2v) is 4.95. The molecule has 0 aliphatic carbocycles. The summed E-state index contributed by atoms with van der Waals surface area (Å²) in [5.41, 5.74) is 3.85. The van der Waals surface area contributed by atoms with Crippen molar-refractivity contribution in [2.45, 2.75) is 12.3 Å². The van der Waals surface area contributed by atoms with E-state index in [1.807, 2.05) is 12.4 Å². The minimum absolute atomic E-state index is 0.451. The van der Waals surface area contributed by atoms with E-state index < -0.39 is 0 Å². The average Bonchev–Trinajstić information content (AvgIpc) is 2.81. The Balaban J connectivity index is 2.08. The molecule has 4 heteroatoms. The number of aromatic nitrogens is 2. The smallest absolute Gasteiger partial charge is 0.0525 e. The van der Waals surface area contributed by atoms with E-state index in [9.17, 15) is 0 Å². The molecule has 3 rings (SSSR count). The van der Waals surface area contributed by atoms with Crippen molar-refractivity contribution in [2.24, 2.45) is 0 Å². The van der Waals surface area contributed by atoms with Gasteiger partial charge in [0.15, 0.2) is 0 Å². The van der Waals surface area contributed by atoms with Crippen molar-refractivity contribution in [3.05, 3.63) is 46.2 Å². The molecule has 1 aromatic carbocycles. The summed E-state index contributed by atoms with van der Waals surface area (Å²) in [5.74, 6) is 0.451. The lowest BCUT2D eigenvalue weighted by Crippen LogP contribution is -2.17. The minimum Gasteiger partial charge on any atom is -0.385 e. The maximum atomic E-state index is 4.04. The number of nitrogens with one attached hydrogen (secondary N) is 2. The molecule has 2 aromatic rings. The van der Waals surface area contributed by atoms with Gasteiger partial charge in [-0.1, -0.05) is 15.9 Å². The summed E-state index contributed by atoms with van der Waals surface area (Å²) in [6, 6.07) is 6.40. The molecule has 0 fully saturated rings. The summed E-state index contributed by atoms with van der Waals surface area (Å²) in [6.07, 6.45) is 5.02. The molecule has 0 saturated heterocycles. The molecule has 2 N–H and O–H groups in total. The Bertz CT molecular complexity index is 493. The lowest BCUT2D eigenvalue weighted by atomic mass is 9.87. The minimum atomic E-state index is 0.451. The van der Waals surface area contributed by atoms with E-state index in [0.29, 0.717) is 5.92 Å². The Morgan fingerprint density at radius 1 is 1.38 bits per heavy atom. The third-order valence-electron chi connectivity index (χ3n) is 3.06. The number of fused-ring (bicyclic) bond motifs is 1. The van der Waals surface area contributed by atoms with Crippen LogP contribution in [0.2, 0.25) is 0 Å². The zero-order chi connectivity index (χ0) is 11.0. The molecular formula is C12H12BrN3. The molecule has 1 atom stereocenters. The zero-order valence-corrected chi connectivity index (χ0v) is 10.3. The quantitative estimate of drug-likeness (QED) is 0.841. The lowest BCUT2D eigenvalue weighted by molar-refractivity contribution is 0.720. The summed E-state index contributed by atoms with van der Waals surface area (Å²) in [4.78, 5) is 0. The molecule has 1 aromatic heterocycles. The number of hydrogen-bond donors (Lipinski definition) is 2. The first-order chi connectivity index (χ1) is 7.84. The maximum absolute atomic E-state index is 4.04. The number of aromatic amines is 1. The SMILES string of the molecule is Brc1ccc2c(c1)C(c1cn[nH]c1)CCN2. The van der Waals surface area contributed by atoms with Gasteiger partial charge in [-0.2, -0.15) is 5.10 Å². The van der Waals surface area contributed by atoms with Crippen LogP contribution >= 0.6 is 15.9 Å². The van der Waals surface area contributed by atoms with Crippen molar-refractivity contribution >= 4 is 21.6 Å². The summed E-state index contributed by atoms with van der Waals surface area (Å²) < 4.78 is 1.13. The number of halogens is 1. The number of benzene rings is 1. The monoisotopic (exact) mass is 277 g/mol. The molecule has 1 unspecified atom stereocenters. The van der Waals surface area contributed by atoms with E-state index in [4.69, 9.17) is 0 Å². The van der Waals surface area contributed by atoms with Crippen molar-refractivity contribution in [1.29, 1.82) is 0 Å². The van der Waals surface area contributed by atoms with Crippen molar-refractivity contribution in [2.75, 3.05) is 11.9 Å². The third kappa shape index (κ3) is 1.63. The van der Waals surface area contributed by atoms with Crippen molar-refractivity contribution in [1.82, 2.24) is 10.2 Å². The highest BCUT2D eigenvalue weighted by atomic mass is 79.9. The van der Waals surface area contributed by atoms with E-state index in [0.717, 1.165) is 17.4 Å². The largest absolute Gasteiger partial charge is 0.385 e. The van der Waals surface area contributed by atoms with Gasteiger partial charge in [0.1, 0.15) is 0 Å². The van der Waals surface area contributed by atoms with Crippen molar-refractivity contribution < 1.29 is 0 Å². The van der Waals surface area contributed by atoms with Crippen molar-refractivity contribution in [3.63, 3.8) is 0 Å². The van der Waals surface area contributed by atoms with Gasteiger partial charge in [-0.05, 0) is 35.7 Å². The molecule has 0 bridgehead atoms. The maximum Gasteiger partial charge on any atom is 0.0525 e.